The van der Waals surface area contributed by atoms with Gasteiger partial charge in [0.05, 0.1) is 14.2 Å². The Balaban J connectivity index is 1.79. The monoisotopic (exact) mass is 362 g/mol. The predicted molar refractivity (Wildman–Crippen MR) is 103 cm³/mol. The highest BCUT2D eigenvalue weighted by Gasteiger charge is 2.55. The van der Waals surface area contributed by atoms with E-state index in [4.69, 9.17) is 9.47 Å². The quantitative estimate of drug-likeness (QED) is 0.736. The second-order valence-electron chi connectivity index (χ2n) is 7.48. The molecule has 0 saturated heterocycles. The summed E-state index contributed by atoms with van der Waals surface area (Å²) < 4.78 is 10.8. The maximum atomic E-state index is 12.7. The molecule has 1 saturated carbocycles. The number of nitrogens with one attached hydrogen (secondary N) is 1. The van der Waals surface area contributed by atoms with Crippen molar-refractivity contribution < 1.29 is 14.3 Å². The lowest BCUT2D eigenvalue weighted by molar-refractivity contribution is 0.100. The van der Waals surface area contributed by atoms with Crippen molar-refractivity contribution in [1.82, 2.24) is 9.88 Å². The second kappa shape index (κ2) is 5.78. The molecule has 1 fully saturated rings. The SMILES string of the molecule is COC(=O)N1CC2(CC2)c2c([nH]c3ccccc23)C1c1ccccc1OC. The minimum atomic E-state index is -0.304. The Hall–Kier alpha value is -2.95. The number of para-hydroxylation sites is 2. The van der Waals surface area contributed by atoms with Gasteiger partial charge in [0.2, 0.25) is 0 Å². The van der Waals surface area contributed by atoms with Crippen molar-refractivity contribution in [2.24, 2.45) is 0 Å². The fourth-order valence-corrected chi connectivity index (χ4v) is 4.65. The Morgan fingerprint density at radius 2 is 1.85 bits per heavy atom. The Morgan fingerprint density at radius 1 is 1.11 bits per heavy atom. The predicted octanol–water partition coefficient (Wildman–Crippen LogP) is 4.38. The van der Waals surface area contributed by atoms with Crippen molar-refractivity contribution in [3.05, 3.63) is 65.4 Å². The fourth-order valence-electron chi connectivity index (χ4n) is 4.65. The topological polar surface area (TPSA) is 54.6 Å². The van der Waals surface area contributed by atoms with Crippen LogP contribution in [0.25, 0.3) is 10.9 Å². The number of ether oxygens (including phenoxy) is 2. The largest absolute Gasteiger partial charge is 0.496 e. The van der Waals surface area contributed by atoms with E-state index in [0.29, 0.717) is 6.54 Å². The van der Waals surface area contributed by atoms with Crippen molar-refractivity contribution in [1.29, 1.82) is 0 Å². The number of carbonyl (C=O) groups is 1. The third-order valence-electron chi connectivity index (χ3n) is 6.02. The summed E-state index contributed by atoms with van der Waals surface area (Å²) >= 11 is 0. The molecule has 1 amide bonds. The van der Waals surface area contributed by atoms with Gasteiger partial charge in [-0.1, -0.05) is 36.4 Å². The van der Waals surface area contributed by atoms with Gasteiger partial charge in [-0.3, -0.25) is 4.90 Å². The minimum Gasteiger partial charge on any atom is -0.496 e. The van der Waals surface area contributed by atoms with Crippen LogP contribution in [-0.2, 0) is 10.2 Å². The average molecular weight is 362 g/mol. The third-order valence-corrected chi connectivity index (χ3v) is 6.02. The summed E-state index contributed by atoms with van der Waals surface area (Å²) in [7, 11) is 3.11. The molecule has 5 rings (SSSR count). The molecule has 2 aliphatic rings. The van der Waals surface area contributed by atoms with Crippen LogP contribution in [0.1, 0.15) is 35.7 Å². The lowest BCUT2D eigenvalue weighted by atomic mass is 9.83. The zero-order valence-corrected chi connectivity index (χ0v) is 15.5. The molecule has 27 heavy (non-hydrogen) atoms. The number of hydrogen-bond donors (Lipinski definition) is 1. The molecule has 0 bridgehead atoms. The summed E-state index contributed by atoms with van der Waals surface area (Å²) in [5, 5.41) is 1.26. The van der Waals surface area contributed by atoms with Crippen LogP contribution in [-0.4, -0.2) is 36.7 Å². The summed E-state index contributed by atoms with van der Waals surface area (Å²) in [6, 6.07) is 16.0. The van der Waals surface area contributed by atoms with Gasteiger partial charge in [-0.2, -0.15) is 0 Å². The zero-order valence-electron chi connectivity index (χ0n) is 15.5. The number of H-pyrrole nitrogens is 1. The highest BCUT2D eigenvalue weighted by atomic mass is 16.5. The lowest BCUT2D eigenvalue weighted by Crippen LogP contribution is -2.45. The van der Waals surface area contributed by atoms with E-state index in [1.807, 2.05) is 35.2 Å². The van der Waals surface area contributed by atoms with Crippen LogP contribution in [0.15, 0.2) is 48.5 Å². The Labute approximate surface area is 157 Å². The lowest BCUT2D eigenvalue weighted by Gasteiger charge is -2.39. The van der Waals surface area contributed by atoms with Gasteiger partial charge in [0.25, 0.3) is 0 Å². The second-order valence-corrected chi connectivity index (χ2v) is 7.48. The van der Waals surface area contributed by atoms with Crippen LogP contribution in [0.2, 0.25) is 0 Å². The number of methoxy groups -OCH3 is 2. The maximum absolute atomic E-state index is 12.7. The molecule has 1 N–H and O–H groups in total. The van der Waals surface area contributed by atoms with E-state index >= 15 is 0 Å². The van der Waals surface area contributed by atoms with Gasteiger partial charge in [0, 0.05) is 34.1 Å². The molecule has 2 heterocycles. The summed E-state index contributed by atoms with van der Waals surface area (Å²) in [5.41, 5.74) is 4.54. The van der Waals surface area contributed by atoms with Crippen molar-refractivity contribution >= 4 is 17.0 Å². The molecule has 3 aromatic rings. The van der Waals surface area contributed by atoms with Crippen LogP contribution in [0.4, 0.5) is 4.79 Å². The van der Waals surface area contributed by atoms with Gasteiger partial charge in [-0.25, -0.2) is 4.79 Å². The van der Waals surface area contributed by atoms with E-state index in [2.05, 4.69) is 23.2 Å². The smallest absolute Gasteiger partial charge is 0.410 e. The van der Waals surface area contributed by atoms with E-state index in [1.54, 1.807) is 7.11 Å². The highest BCUT2D eigenvalue weighted by Crippen LogP contribution is 2.58. The number of aromatic nitrogens is 1. The molecule has 1 unspecified atom stereocenters. The Kier molecular flexibility index (Phi) is 3.47. The molecule has 2 aromatic carbocycles. The summed E-state index contributed by atoms with van der Waals surface area (Å²) in [4.78, 5) is 18.2. The van der Waals surface area contributed by atoms with Gasteiger partial charge in [0.15, 0.2) is 0 Å². The van der Waals surface area contributed by atoms with Crippen LogP contribution >= 0.6 is 0 Å². The van der Waals surface area contributed by atoms with Crippen LogP contribution in [0.3, 0.4) is 0 Å². The number of carbonyl (C=O) groups excluding carboxylic acids is 1. The highest BCUT2D eigenvalue weighted by molar-refractivity contribution is 5.88. The number of aromatic amines is 1. The first-order valence-corrected chi connectivity index (χ1v) is 9.27. The molecule has 1 aliphatic carbocycles. The number of hydrogen-bond acceptors (Lipinski definition) is 3. The van der Waals surface area contributed by atoms with Gasteiger partial charge in [0.1, 0.15) is 11.8 Å². The van der Waals surface area contributed by atoms with Crippen molar-refractivity contribution in [2.45, 2.75) is 24.3 Å². The molecule has 5 heteroatoms. The molecule has 1 atom stereocenters. The maximum Gasteiger partial charge on any atom is 0.410 e. The van der Waals surface area contributed by atoms with E-state index < -0.39 is 0 Å². The first-order chi connectivity index (χ1) is 13.2. The normalized spacial score (nSPS) is 19.8. The number of amides is 1. The Morgan fingerprint density at radius 3 is 2.59 bits per heavy atom. The number of benzene rings is 2. The van der Waals surface area contributed by atoms with Crippen molar-refractivity contribution in [3.8, 4) is 5.75 Å². The molecular weight excluding hydrogens is 340 g/mol. The molecule has 1 spiro atoms. The standard InChI is InChI=1S/C22H22N2O3/c1-26-17-10-6-4-8-15(17)20-19-18(14-7-3-5-9-16(14)23-19)22(11-12-22)13-24(20)21(25)27-2/h3-10,20,23H,11-13H2,1-2H3. The summed E-state index contributed by atoms with van der Waals surface area (Å²) in [5.74, 6) is 0.771. The molecular formula is C22H22N2O3. The van der Waals surface area contributed by atoms with E-state index in [0.717, 1.165) is 35.4 Å². The summed E-state index contributed by atoms with van der Waals surface area (Å²) in [6.07, 6.45) is 1.88. The van der Waals surface area contributed by atoms with Crippen LogP contribution in [0, 0.1) is 0 Å². The van der Waals surface area contributed by atoms with Crippen molar-refractivity contribution in [3.63, 3.8) is 0 Å². The van der Waals surface area contributed by atoms with Gasteiger partial charge >= 0.3 is 6.09 Å². The van der Waals surface area contributed by atoms with E-state index in [-0.39, 0.29) is 17.6 Å². The van der Waals surface area contributed by atoms with Crippen LogP contribution in [0.5, 0.6) is 5.75 Å². The Bertz CT molecular complexity index is 1030. The molecule has 0 radical (unpaired) electrons. The average Bonchev–Trinajstić information content (AvgIpc) is 3.36. The summed E-state index contributed by atoms with van der Waals surface area (Å²) in [6.45, 7) is 0.664. The molecule has 1 aliphatic heterocycles. The molecule has 138 valence electrons. The van der Waals surface area contributed by atoms with Gasteiger partial charge in [-0.05, 0) is 30.5 Å². The molecule has 1 aromatic heterocycles. The van der Waals surface area contributed by atoms with Crippen LogP contribution < -0.4 is 4.74 Å². The number of nitrogens with zero attached hydrogens (tertiary/aromatic N) is 1. The van der Waals surface area contributed by atoms with Gasteiger partial charge < -0.3 is 14.5 Å². The minimum absolute atomic E-state index is 0.0294. The van der Waals surface area contributed by atoms with E-state index in [9.17, 15) is 4.79 Å². The first kappa shape index (κ1) is 16.2. The fraction of sp³-hybridized carbons (Fsp3) is 0.318. The number of fused-ring (bicyclic) bond motifs is 4. The van der Waals surface area contributed by atoms with E-state index in [1.165, 1.54) is 18.1 Å². The number of rotatable bonds is 2. The third kappa shape index (κ3) is 2.27. The van der Waals surface area contributed by atoms with Gasteiger partial charge in [-0.15, -0.1) is 0 Å². The first-order valence-electron chi connectivity index (χ1n) is 9.27. The molecule has 5 nitrogen and oxygen atoms in total. The van der Waals surface area contributed by atoms with Crippen molar-refractivity contribution in [2.75, 3.05) is 20.8 Å². The zero-order chi connectivity index (χ0) is 18.6.